The van der Waals surface area contributed by atoms with E-state index in [4.69, 9.17) is 42.3 Å². The van der Waals surface area contributed by atoms with Crippen molar-refractivity contribution in [3.8, 4) is 34.3 Å². The minimum atomic E-state index is -2.06. The Hall–Kier alpha value is -3.83. The predicted octanol–water partition coefficient (Wildman–Crippen LogP) is -4.04. The zero-order valence-electron chi connectivity index (χ0n) is 33.1. The summed E-state index contributed by atoms with van der Waals surface area (Å²) in [6.07, 6.45) is -32.8. The summed E-state index contributed by atoms with van der Waals surface area (Å²) in [5, 5.41) is 137. The minimum absolute atomic E-state index is 0.0728. The molecule has 0 saturated carbocycles. The number of aliphatic hydroxyl groups is 11. The van der Waals surface area contributed by atoms with Gasteiger partial charge in [-0.1, -0.05) is 0 Å². The van der Waals surface area contributed by atoms with E-state index in [2.05, 4.69) is 0 Å². The number of ether oxygens (including phenoxy) is 8. The molecule has 4 aliphatic rings. The molecule has 23 heteroatoms. The molecule has 13 N–H and O–H groups in total. The Balaban J connectivity index is 1.27. The molecule has 5 heterocycles. The van der Waals surface area contributed by atoms with Crippen LogP contribution in [-0.2, 0) is 28.4 Å². The van der Waals surface area contributed by atoms with Crippen LogP contribution in [-0.4, -0.2) is 196 Å². The van der Waals surface area contributed by atoms with Crippen LogP contribution in [0.3, 0.4) is 0 Å². The number of hydrogen-bond acceptors (Lipinski definition) is 23. The molecule has 4 aliphatic heterocycles. The molecule has 7 rings (SSSR count). The van der Waals surface area contributed by atoms with Crippen LogP contribution in [0.2, 0.25) is 0 Å². The van der Waals surface area contributed by atoms with Gasteiger partial charge in [-0.15, -0.1) is 0 Å². The van der Waals surface area contributed by atoms with Gasteiger partial charge in [0.25, 0.3) is 0 Å². The van der Waals surface area contributed by atoms with Crippen LogP contribution >= 0.6 is 0 Å². The summed E-state index contributed by atoms with van der Waals surface area (Å²) in [7, 11) is 0. The van der Waals surface area contributed by atoms with Crippen molar-refractivity contribution in [2.75, 3.05) is 6.61 Å². The van der Waals surface area contributed by atoms with Crippen LogP contribution in [0.4, 0.5) is 0 Å². The fraction of sp³-hybridized carbons (Fsp3) is 0.615. The highest BCUT2D eigenvalue weighted by atomic mass is 16.8. The van der Waals surface area contributed by atoms with E-state index in [9.17, 15) is 71.2 Å². The lowest BCUT2D eigenvalue weighted by atomic mass is 9.97. The molecule has 0 bridgehead atoms. The van der Waals surface area contributed by atoms with Gasteiger partial charge in [0.05, 0.1) is 24.9 Å². The third kappa shape index (κ3) is 8.83. The SMILES string of the molecule is C[C@@H]1O[C@@H](Oc2cc(O)c3c(=O)c(O[C@@H]4O[C@H](CO[C@H]5O[C@@H](C)[C@H](O)[C@@H](O)[C@H]5O)[C@H](O)[C@H](O)[C@H]4O[C@@H]4O[C@@H](C)[C@H](O)[C@@H](O)[C@H]4O)c(-c4ccc(O)cc4)oc3c2)[C@H](O)[C@H](O)[C@H]1O. The van der Waals surface area contributed by atoms with Gasteiger partial charge >= 0.3 is 0 Å². The first-order valence-corrected chi connectivity index (χ1v) is 19.6. The highest BCUT2D eigenvalue weighted by molar-refractivity contribution is 5.88. The average molecular weight is 887 g/mol. The van der Waals surface area contributed by atoms with Crippen LogP contribution in [0, 0.1) is 0 Å². The topological polar surface area (TPSA) is 367 Å². The van der Waals surface area contributed by atoms with Crippen LogP contribution in [0.5, 0.6) is 23.0 Å². The predicted molar refractivity (Wildman–Crippen MR) is 201 cm³/mol. The number of fused-ring (bicyclic) bond motifs is 1. The number of hydrogen-bond donors (Lipinski definition) is 13. The first-order valence-electron chi connectivity index (χ1n) is 19.6. The summed E-state index contributed by atoms with van der Waals surface area (Å²) in [5.74, 6) is -2.31. The van der Waals surface area contributed by atoms with Gasteiger partial charge in [-0.2, -0.15) is 0 Å². The van der Waals surface area contributed by atoms with E-state index in [1.807, 2.05) is 0 Å². The number of aliphatic hydroxyl groups excluding tert-OH is 11. The molecule has 4 fully saturated rings. The van der Waals surface area contributed by atoms with E-state index < -0.39 is 158 Å². The maximum atomic E-state index is 14.5. The Kier molecular flexibility index (Phi) is 13.7. The van der Waals surface area contributed by atoms with Crippen molar-refractivity contribution >= 4 is 11.0 Å². The standard InChI is InChI=1S/C39H50O23/c1-11-21(42)26(47)30(51)36(55-11)54-10-19-24(45)29(50)35(62-38-32(53)28(49)23(44)13(3)57-38)39(60-19)61-34-25(46)20-17(41)8-16(58-37-31(52)27(48)22(43)12(2)56-37)9-18(20)59-33(34)14-4-6-15(40)7-5-14/h4-9,11-13,19,21-24,26-32,35-45,47-53H,10H2,1-3H3/t11-,12-,13-,19+,21-,22-,23-,24-,26+,27+,28+,29-,30+,31+,32+,35+,36-,37-,38-,39-/m0/s1. The zero-order valence-corrected chi connectivity index (χ0v) is 33.1. The minimum Gasteiger partial charge on any atom is -0.508 e. The van der Waals surface area contributed by atoms with Crippen LogP contribution < -0.4 is 14.9 Å². The van der Waals surface area contributed by atoms with Crippen molar-refractivity contribution in [1.29, 1.82) is 0 Å². The molecule has 0 radical (unpaired) electrons. The fourth-order valence-electron chi connectivity index (χ4n) is 7.50. The van der Waals surface area contributed by atoms with Gasteiger partial charge in [-0.25, -0.2) is 0 Å². The van der Waals surface area contributed by atoms with Gasteiger partial charge in [0.2, 0.25) is 23.8 Å². The molecular formula is C39H50O23. The number of phenols is 2. The maximum Gasteiger partial charge on any atom is 0.239 e. The van der Waals surface area contributed by atoms with Crippen LogP contribution in [0.1, 0.15) is 20.8 Å². The molecule has 0 unspecified atom stereocenters. The Labute approximate surface area is 350 Å². The summed E-state index contributed by atoms with van der Waals surface area (Å²) in [6, 6.07) is 7.21. The monoisotopic (exact) mass is 886 g/mol. The smallest absolute Gasteiger partial charge is 0.239 e. The number of benzene rings is 2. The lowest BCUT2D eigenvalue weighted by molar-refractivity contribution is -0.360. The van der Waals surface area contributed by atoms with E-state index in [-0.39, 0.29) is 22.6 Å². The number of phenolic OH excluding ortho intramolecular Hbond substituents is 2. The van der Waals surface area contributed by atoms with E-state index in [1.54, 1.807) is 0 Å². The first-order chi connectivity index (χ1) is 29.3. The third-order valence-corrected chi connectivity index (χ3v) is 11.3. The normalized spacial score (nSPS) is 41.5. The molecule has 2 aromatic carbocycles. The van der Waals surface area contributed by atoms with E-state index in [0.29, 0.717) is 0 Å². The lowest BCUT2D eigenvalue weighted by Crippen LogP contribution is -2.65. The molecule has 23 nitrogen and oxygen atoms in total. The fourth-order valence-corrected chi connectivity index (χ4v) is 7.50. The second-order valence-corrected chi connectivity index (χ2v) is 15.7. The molecule has 0 amide bonds. The number of rotatable bonds is 10. The molecule has 3 aromatic rings. The molecule has 0 spiro atoms. The van der Waals surface area contributed by atoms with Crippen molar-refractivity contribution in [2.45, 2.75) is 144 Å². The third-order valence-electron chi connectivity index (χ3n) is 11.3. The molecular weight excluding hydrogens is 836 g/mol. The Morgan fingerprint density at radius 2 is 1.10 bits per heavy atom. The highest BCUT2D eigenvalue weighted by Crippen LogP contribution is 2.39. The average Bonchev–Trinajstić information content (AvgIpc) is 3.24. The van der Waals surface area contributed by atoms with Gasteiger partial charge in [-0.05, 0) is 45.0 Å². The van der Waals surface area contributed by atoms with Crippen LogP contribution in [0.25, 0.3) is 22.3 Å². The molecule has 20 atom stereocenters. The van der Waals surface area contributed by atoms with E-state index in [1.165, 1.54) is 45.0 Å². The first kappa shape index (κ1) is 46.2. The molecule has 4 saturated heterocycles. The molecule has 1 aromatic heterocycles. The second kappa shape index (κ2) is 18.3. The zero-order chi connectivity index (χ0) is 45.1. The van der Waals surface area contributed by atoms with E-state index >= 15 is 0 Å². The van der Waals surface area contributed by atoms with Crippen molar-refractivity contribution in [2.24, 2.45) is 0 Å². The summed E-state index contributed by atoms with van der Waals surface area (Å²) in [6.45, 7) is 3.47. The Morgan fingerprint density at radius 3 is 1.69 bits per heavy atom. The highest BCUT2D eigenvalue weighted by Gasteiger charge is 2.52. The van der Waals surface area contributed by atoms with Crippen molar-refractivity contribution in [1.82, 2.24) is 0 Å². The number of aromatic hydroxyl groups is 2. The van der Waals surface area contributed by atoms with E-state index in [0.717, 1.165) is 12.1 Å². The molecule has 344 valence electrons. The lowest BCUT2D eigenvalue weighted by Gasteiger charge is -2.46. The summed E-state index contributed by atoms with van der Waals surface area (Å²) >= 11 is 0. The van der Waals surface area contributed by atoms with Gasteiger partial charge in [0, 0.05) is 17.7 Å². The molecule has 0 aliphatic carbocycles. The summed E-state index contributed by atoms with van der Waals surface area (Å²) < 4.78 is 52.0. The van der Waals surface area contributed by atoms with Crippen molar-refractivity contribution in [3.05, 3.63) is 46.6 Å². The van der Waals surface area contributed by atoms with Crippen LogP contribution in [0.15, 0.2) is 45.6 Å². The maximum absolute atomic E-state index is 14.5. The Bertz CT molecular complexity index is 2060. The van der Waals surface area contributed by atoms with Crippen molar-refractivity contribution < 1.29 is 109 Å². The van der Waals surface area contributed by atoms with Gasteiger partial charge in [0.15, 0.2) is 24.4 Å². The second-order valence-electron chi connectivity index (χ2n) is 15.7. The molecule has 62 heavy (non-hydrogen) atoms. The Morgan fingerprint density at radius 1 is 0.565 bits per heavy atom. The summed E-state index contributed by atoms with van der Waals surface area (Å²) in [4.78, 5) is 14.5. The van der Waals surface area contributed by atoms with Crippen molar-refractivity contribution in [3.63, 3.8) is 0 Å². The quantitative estimate of drug-likeness (QED) is 0.0921. The van der Waals surface area contributed by atoms with Gasteiger partial charge in [-0.3, -0.25) is 4.79 Å². The largest absolute Gasteiger partial charge is 0.508 e. The van der Waals surface area contributed by atoms with Gasteiger partial charge in [0.1, 0.15) is 101 Å². The summed E-state index contributed by atoms with van der Waals surface area (Å²) in [5.41, 5.74) is -1.36. The van der Waals surface area contributed by atoms with Gasteiger partial charge < -0.3 is 109 Å².